The minimum absolute atomic E-state index is 0.0309. The van der Waals surface area contributed by atoms with Gasteiger partial charge in [-0.2, -0.15) is 0 Å². The number of nitrogens with zero attached hydrogens (tertiary/aromatic N) is 2. The highest BCUT2D eigenvalue weighted by molar-refractivity contribution is 5.31. The highest BCUT2D eigenvalue weighted by Crippen LogP contribution is 2.37. The molecular formula is C15H25N3O. The van der Waals surface area contributed by atoms with Crippen LogP contribution in [0.15, 0.2) is 17.2 Å². The first-order valence-electron chi connectivity index (χ1n) is 7.14. The summed E-state index contributed by atoms with van der Waals surface area (Å²) in [4.78, 5) is 16.6. The van der Waals surface area contributed by atoms with E-state index in [1.807, 2.05) is 20.8 Å². The standard InChI is InChI=1S/C15H25N3O/c1-14(2,3)18-10-9-16-12(13(18)19)17-11-15(4)7-5-6-8-15/h9-10H,5-8,11H2,1-4H3,(H,16,17). The van der Waals surface area contributed by atoms with Crippen molar-refractivity contribution in [1.29, 1.82) is 0 Å². The zero-order valence-electron chi connectivity index (χ0n) is 12.5. The van der Waals surface area contributed by atoms with E-state index in [1.54, 1.807) is 17.0 Å². The Hall–Kier alpha value is -1.32. The van der Waals surface area contributed by atoms with Crippen LogP contribution in [0.25, 0.3) is 0 Å². The number of hydrogen-bond acceptors (Lipinski definition) is 3. The molecule has 0 aromatic carbocycles. The van der Waals surface area contributed by atoms with Crippen LogP contribution < -0.4 is 10.9 Å². The van der Waals surface area contributed by atoms with Gasteiger partial charge in [0.05, 0.1) is 0 Å². The summed E-state index contributed by atoms with van der Waals surface area (Å²) < 4.78 is 1.74. The van der Waals surface area contributed by atoms with Crippen LogP contribution in [0.1, 0.15) is 53.4 Å². The Morgan fingerprint density at radius 2 is 2.00 bits per heavy atom. The third kappa shape index (κ3) is 3.17. The van der Waals surface area contributed by atoms with E-state index in [2.05, 4.69) is 17.2 Å². The third-order valence-corrected chi connectivity index (χ3v) is 4.06. The molecule has 0 aliphatic heterocycles. The van der Waals surface area contributed by atoms with Crippen molar-refractivity contribution in [3.8, 4) is 0 Å². The number of aromatic nitrogens is 2. The van der Waals surface area contributed by atoms with Gasteiger partial charge in [-0.05, 0) is 39.0 Å². The molecule has 0 radical (unpaired) electrons. The Labute approximate surface area is 115 Å². The van der Waals surface area contributed by atoms with Crippen LogP contribution in [0.4, 0.5) is 5.82 Å². The van der Waals surface area contributed by atoms with E-state index >= 15 is 0 Å². The molecule has 4 heteroatoms. The topological polar surface area (TPSA) is 46.9 Å². The van der Waals surface area contributed by atoms with Crippen LogP contribution in [0.5, 0.6) is 0 Å². The molecular weight excluding hydrogens is 238 g/mol. The first-order chi connectivity index (χ1) is 8.82. The van der Waals surface area contributed by atoms with Crippen molar-refractivity contribution >= 4 is 5.82 Å². The summed E-state index contributed by atoms with van der Waals surface area (Å²) in [5.74, 6) is 0.477. The van der Waals surface area contributed by atoms with Gasteiger partial charge in [-0.25, -0.2) is 4.98 Å². The molecule has 19 heavy (non-hydrogen) atoms. The van der Waals surface area contributed by atoms with Gasteiger partial charge in [0.2, 0.25) is 0 Å². The van der Waals surface area contributed by atoms with Gasteiger partial charge in [0, 0.05) is 24.5 Å². The van der Waals surface area contributed by atoms with Gasteiger partial charge in [-0.1, -0.05) is 19.8 Å². The Balaban J connectivity index is 2.15. The van der Waals surface area contributed by atoms with Crippen molar-refractivity contribution in [2.45, 2.75) is 58.9 Å². The fourth-order valence-corrected chi connectivity index (χ4v) is 2.76. The highest BCUT2D eigenvalue weighted by atomic mass is 16.1. The molecule has 1 N–H and O–H groups in total. The quantitative estimate of drug-likeness (QED) is 0.912. The molecule has 0 saturated heterocycles. The molecule has 106 valence electrons. The largest absolute Gasteiger partial charge is 0.365 e. The van der Waals surface area contributed by atoms with Crippen LogP contribution in [0.3, 0.4) is 0 Å². The smallest absolute Gasteiger partial charge is 0.293 e. The van der Waals surface area contributed by atoms with Gasteiger partial charge in [0.15, 0.2) is 5.82 Å². The van der Waals surface area contributed by atoms with Gasteiger partial charge in [0.1, 0.15) is 0 Å². The number of rotatable bonds is 3. The molecule has 0 spiro atoms. The van der Waals surface area contributed by atoms with Gasteiger partial charge in [0.25, 0.3) is 5.56 Å². The molecule has 2 rings (SSSR count). The average Bonchev–Trinajstić information content (AvgIpc) is 2.74. The summed E-state index contributed by atoms with van der Waals surface area (Å²) in [5.41, 5.74) is 0.0705. The minimum atomic E-state index is -0.215. The fraction of sp³-hybridized carbons (Fsp3) is 0.733. The Morgan fingerprint density at radius 1 is 1.37 bits per heavy atom. The van der Waals surface area contributed by atoms with E-state index in [0.29, 0.717) is 11.2 Å². The van der Waals surface area contributed by atoms with Crippen LogP contribution in [-0.2, 0) is 5.54 Å². The van der Waals surface area contributed by atoms with E-state index < -0.39 is 0 Å². The maximum atomic E-state index is 12.4. The van der Waals surface area contributed by atoms with Crippen molar-refractivity contribution in [1.82, 2.24) is 9.55 Å². The fourth-order valence-electron chi connectivity index (χ4n) is 2.76. The summed E-state index contributed by atoms with van der Waals surface area (Å²) in [6.45, 7) is 9.20. The lowest BCUT2D eigenvalue weighted by atomic mass is 9.89. The molecule has 0 unspecified atom stereocenters. The Kier molecular flexibility index (Phi) is 3.70. The zero-order chi connectivity index (χ0) is 14.1. The zero-order valence-corrected chi connectivity index (χ0v) is 12.5. The van der Waals surface area contributed by atoms with E-state index in [1.165, 1.54) is 25.7 Å². The second kappa shape index (κ2) is 4.99. The summed E-state index contributed by atoms with van der Waals surface area (Å²) in [7, 11) is 0. The van der Waals surface area contributed by atoms with Crippen molar-refractivity contribution in [2.75, 3.05) is 11.9 Å². The number of hydrogen-bond donors (Lipinski definition) is 1. The van der Waals surface area contributed by atoms with E-state index in [-0.39, 0.29) is 11.1 Å². The van der Waals surface area contributed by atoms with Gasteiger partial charge < -0.3 is 9.88 Å². The monoisotopic (exact) mass is 263 g/mol. The molecule has 0 amide bonds. The molecule has 1 fully saturated rings. The van der Waals surface area contributed by atoms with Crippen LogP contribution in [-0.4, -0.2) is 16.1 Å². The average molecular weight is 263 g/mol. The van der Waals surface area contributed by atoms with E-state index in [9.17, 15) is 4.79 Å². The van der Waals surface area contributed by atoms with Gasteiger partial charge in [-0.3, -0.25) is 4.79 Å². The van der Waals surface area contributed by atoms with Crippen molar-refractivity contribution < 1.29 is 0 Å². The molecule has 1 saturated carbocycles. The SMILES string of the molecule is CC1(CNc2nccn(C(C)(C)C)c2=O)CCCC1. The van der Waals surface area contributed by atoms with Crippen molar-refractivity contribution in [3.63, 3.8) is 0 Å². The molecule has 4 nitrogen and oxygen atoms in total. The maximum Gasteiger partial charge on any atom is 0.293 e. The van der Waals surface area contributed by atoms with Crippen molar-refractivity contribution in [2.24, 2.45) is 5.41 Å². The predicted octanol–water partition coefficient (Wildman–Crippen LogP) is 2.99. The molecule has 1 aliphatic carbocycles. The van der Waals surface area contributed by atoms with E-state index in [0.717, 1.165) is 6.54 Å². The summed E-state index contributed by atoms with van der Waals surface area (Å²) in [5, 5.41) is 3.26. The second-order valence-electron chi connectivity index (χ2n) is 6.99. The molecule has 0 atom stereocenters. The van der Waals surface area contributed by atoms with E-state index in [4.69, 9.17) is 0 Å². The predicted molar refractivity (Wildman–Crippen MR) is 78.6 cm³/mol. The molecule has 1 heterocycles. The number of anilines is 1. The number of nitrogens with one attached hydrogen (secondary N) is 1. The first-order valence-corrected chi connectivity index (χ1v) is 7.14. The normalized spacial score (nSPS) is 18.5. The van der Waals surface area contributed by atoms with Crippen molar-refractivity contribution in [3.05, 3.63) is 22.7 Å². The molecule has 0 bridgehead atoms. The Bertz CT molecular complexity index is 493. The minimum Gasteiger partial charge on any atom is -0.365 e. The lowest BCUT2D eigenvalue weighted by molar-refractivity contribution is 0.359. The Morgan fingerprint density at radius 3 is 2.58 bits per heavy atom. The van der Waals surface area contributed by atoms with Crippen LogP contribution in [0, 0.1) is 5.41 Å². The third-order valence-electron chi connectivity index (χ3n) is 4.06. The van der Waals surface area contributed by atoms with Crippen LogP contribution in [0.2, 0.25) is 0 Å². The maximum absolute atomic E-state index is 12.4. The first kappa shape index (κ1) is 14.1. The lowest BCUT2D eigenvalue weighted by Gasteiger charge is -2.25. The van der Waals surface area contributed by atoms with Gasteiger partial charge >= 0.3 is 0 Å². The lowest BCUT2D eigenvalue weighted by Crippen LogP contribution is -2.36. The summed E-state index contributed by atoms with van der Waals surface area (Å²) in [6.07, 6.45) is 8.52. The molecule has 1 aromatic heterocycles. The molecule has 1 aromatic rings. The second-order valence-corrected chi connectivity index (χ2v) is 6.99. The summed E-state index contributed by atoms with van der Waals surface area (Å²) >= 11 is 0. The molecule has 1 aliphatic rings. The summed E-state index contributed by atoms with van der Waals surface area (Å²) in [6, 6.07) is 0. The van der Waals surface area contributed by atoms with Gasteiger partial charge in [-0.15, -0.1) is 0 Å². The highest BCUT2D eigenvalue weighted by Gasteiger charge is 2.28. The van der Waals surface area contributed by atoms with Crippen LogP contribution >= 0.6 is 0 Å².